The fourth-order valence-corrected chi connectivity index (χ4v) is 2.26. The number of ether oxygens (including phenoxy) is 1. The van der Waals surface area contributed by atoms with Crippen LogP contribution in [-0.4, -0.2) is 47.7 Å². The first-order valence-electron chi connectivity index (χ1n) is 7.06. The third-order valence-corrected chi connectivity index (χ3v) is 3.27. The Kier molecular flexibility index (Phi) is 4.53. The standard InChI is InChI=1S/C15H21N3O3/c1-15(2,3)21-14(19)18-8-6-17(7-9-18)12(11-16)13-5-4-10-20-13/h4-5,10,12H,6-9H2,1-3H3. The van der Waals surface area contributed by atoms with Crippen LogP contribution in [0.4, 0.5) is 4.79 Å². The molecule has 1 aliphatic rings. The SMILES string of the molecule is CC(C)(C)OC(=O)N1CCN(C(C#N)c2ccco2)CC1. The van der Waals surface area contributed by atoms with Crippen LogP contribution in [0.1, 0.15) is 32.6 Å². The highest BCUT2D eigenvalue weighted by molar-refractivity contribution is 5.68. The van der Waals surface area contributed by atoms with Crippen LogP contribution in [0.25, 0.3) is 0 Å². The van der Waals surface area contributed by atoms with Gasteiger partial charge in [-0.1, -0.05) is 0 Å². The molecule has 1 aliphatic heterocycles. The van der Waals surface area contributed by atoms with Crippen molar-refractivity contribution in [2.75, 3.05) is 26.2 Å². The van der Waals surface area contributed by atoms with Crippen molar-refractivity contribution in [2.24, 2.45) is 0 Å². The predicted octanol–water partition coefficient (Wildman–Crippen LogP) is 2.40. The lowest BCUT2D eigenvalue weighted by atomic mass is 10.2. The molecular weight excluding hydrogens is 270 g/mol. The topological polar surface area (TPSA) is 69.7 Å². The molecule has 0 spiro atoms. The minimum atomic E-state index is -0.489. The van der Waals surface area contributed by atoms with Gasteiger partial charge in [-0.05, 0) is 32.9 Å². The van der Waals surface area contributed by atoms with Crippen molar-refractivity contribution in [3.05, 3.63) is 24.2 Å². The third-order valence-electron chi connectivity index (χ3n) is 3.27. The second-order valence-electron chi connectivity index (χ2n) is 6.05. The summed E-state index contributed by atoms with van der Waals surface area (Å²) in [6, 6.07) is 5.43. The summed E-state index contributed by atoms with van der Waals surface area (Å²) in [5.41, 5.74) is -0.489. The van der Waals surface area contributed by atoms with Crippen LogP contribution in [0, 0.1) is 11.3 Å². The van der Waals surface area contributed by atoms with Gasteiger partial charge in [0, 0.05) is 26.2 Å². The lowest BCUT2D eigenvalue weighted by Crippen LogP contribution is -2.50. The fraction of sp³-hybridized carbons (Fsp3) is 0.600. The van der Waals surface area contributed by atoms with E-state index in [2.05, 4.69) is 6.07 Å². The van der Waals surface area contributed by atoms with Gasteiger partial charge in [0.1, 0.15) is 11.4 Å². The van der Waals surface area contributed by atoms with Crippen LogP contribution in [0.5, 0.6) is 0 Å². The van der Waals surface area contributed by atoms with Crippen LogP contribution in [-0.2, 0) is 4.74 Å². The van der Waals surface area contributed by atoms with Crippen LogP contribution >= 0.6 is 0 Å². The molecule has 0 radical (unpaired) electrons. The van der Waals surface area contributed by atoms with E-state index in [4.69, 9.17) is 9.15 Å². The molecule has 0 aliphatic carbocycles. The second kappa shape index (κ2) is 6.19. The second-order valence-corrected chi connectivity index (χ2v) is 6.05. The van der Waals surface area contributed by atoms with E-state index in [1.54, 1.807) is 23.3 Å². The summed E-state index contributed by atoms with van der Waals surface area (Å²) in [6.07, 6.45) is 1.27. The average Bonchev–Trinajstić information content (AvgIpc) is 2.92. The molecule has 1 atom stereocenters. The largest absolute Gasteiger partial charge is 0.467 e. The number of piperazine rings is 1. The van der Waals surface area contributed by atoms with E-state index in [-0.39, 0.29) is 6.09 Å². The van der Waals surface area contributed by atoms with Crippen molar-refractivity contribution in [2.45, 2.75) is 32.4 Å². The minimum Gasteiger partial charge on any atom is -0.467 e. The first-order chi connectivity index (χ1) is 9.90. The van der Waals surface area contributed by atoms with Crippen molar-refractivity contribution in [1.29, 1.82) is 5.26 Å². The lowest BCUT2D eigenvalue weighted by Gasteiger charge is -2.36. The Morgan fingerprint density at radius 2 is 2.05 bits per heavy atom. The van der Waals surface area contributed by atoms with Gasteiger partial charge in [0.2, 0.25) is 0 Å². The number of carbonyl (C=O) groups excluding carboxylic acids is 1. The molecule has 114 valence electrons. The molecule has 1 saturated heterocycles. The molecule has 1 amide bonds. The van der Waals surface area contributed by atoms with Gasteiger partial charge in [0.15, 0.2) is 6.04 Å². The highest BCUT2D eigenvalue weighted by atomic mass is 16.6. The molecule has 0 aromatic carbocycles. The molecule has 21 heavy (non-hydrogen) atoms. The Bertz CT molecular complexity index is 505. The highest BCUT2D eigenvalue weighted by Crippen LogP contribution is 2.22. The summed E-state index contributed by atoms with van der Waals surface area (Å²) < 4.78 is 10.7. The van der Waals surface area contributed by atoms with Crippen LogP contribution in [0.2, 0.25) is 0 Å². The maximum Gasteiger partial charge on any atom is 0.410 e. The monoisotopic (exact) mass is 291 g/mol. The van der Waals surface area contributed by atoms with E-state index in [9.17, 15) is 10.1 Å². The maximum absolute atomic E-state index is 12.0. The third kappa shape index (κ3) is 3.99. The molecular formula is C15H21N3O3. The number of carbonyl (C=O) groups is 1. The van der Waals surface area contributed by atoms with E-state index in [0.717, 1.165) is 0 Å². The van der Waals surface area contributed by atoms with Gasteiger partial charge in [-0.25, -0.2) is 4.79 Å². The van der Waals surface area contributed by atoms with Crippen LogP contribution < -0.4 is 0 Å². The summed E-state index contributed by atoms with van der Waals surface area (Å²) in [4.78, 5) is 15.7. The molecule has 0 bridgehead atoms. The Morgan fingerprint density at radius 1 is 1.38 bits per heavy atom. The van der Waals surface area contributed by atoms with E-state index < -0.39 is 11.6 Å². The van der Waals surface area contributed by atoms with Gasteiger partial charge in [0.25, 0.3) is 0 Å². The van der Waals surface area contributed by atoms with E-state index in [0.29, 0.717) is 31.9 Å². The summed E-state index contributed by atoms with van der Waals surface area (Å²) >= 11 is 0. The molecule has 0 saturated carbocycles. The first kappa shape index (κ1) is 15.4. The normalized spacial score (nSPS) is 18.1. The smallest absolute Gasteiger partial charge is 0.410 e. The Balaban J connectivity index is 1.91. The molecule has 6 heteroatoms. The first-order valence-corrected chi connectivity index (χ1v) is 7.06. The zero-order valence-corrected chi connectivity index (χ0v) is 12.7. The summed E-state index contributed by atoms with van der Waals surface area (Å²) in [6.45, 7) is 7.90. The molecule has 0 N–H and O–H groups in total. The van der Waals surface area contributed by atoms with E-state index in [1.165, 1.54) is 0 Å². The van der Waals surface area contributed by atoms with Crippen molar-refractivity contribution in [3.8, 4) is 6.07 Å². The van der Waals surface area contributed by atoms with Crippen molar-refractivity contribution >= 4 is 6.09 Å². The molecule has 1 fully saturated rings. The van der Waals surface area contributed by atoms with Crippen molar-refractivity contribution in [1.82, 2.24) is 9.80 Å². The molecule has 6 nitrogen and oxygen atoms in total. The number of amides is 1. The number of furan rings is 1. The number of rotatable bonds is 2. The number of hydrogen-bond donors (Lipinski definition) is 0. The Labute approximate surface area is 124 Å². The van der Waals surface area contributed by atoms with Crippen LogP contribution in [0.15, 0.2) is 22.8 Å². The van der Waals surface area contributed by atoms with Gasteiger partial charge in [0.05, 0.1) is 12.3 Å². The molecule has 2 heterocycles. The molecule has 2 rings (SSSR count). The zero-order chi connectivity index (χ0) is 15.5. The summed E-state index contributed by atoms with van der Waals surface area (Å²) in [7, 11) is 0. The predicted molar refractivity (Wildman–Crippen MR) is 76.4 cm³/mol. The highest BCUT2D eigenvalue weighted by Gasteiger charge is 2.30. The van der Waals surface area contributed by atoms with Gasteiger partial charge < -0.3 is 14.1 Å². The Hall–Kier alpha value is -2.00. The summed E-state index contributed by atoms with van der Waals surface area (Å²) in [5.74, 6) is 0.642. The quantitative estimate of drug-likeness (QED) is 0.836. The van der Waals surface area contributed by atoms with Gasteiger partial charge in [-0.2, -0.15) is 5.26 Å². The number of nitrogens with zero attached hydrogens (tertiary/aromatic N) is 3. The zero-order valence-electron chi connectivity index (χ0n) is 12.7. The fourth-order valence-electron chi connectivity index (χ4n) is 2.26. The summed E-state index contributed by atoms with van der Waals surface area (Å²) in [5, 5.41) is 9.32. The van der Waals surface area contributed by atoms with Gasteiger partial charge in [-0.15, -0.1) is 0 Å². The Morgan fingerprint density at radius 3 is 2.52 bits per heavy atom. The average molecular weight is 291 g/mol. The molecule has 1 aromatic rings. The van der Waals surface area contributed by atoms with Crippen molar-refractivity contribution in [3.63, 3.8) is 0 Å². The maximum atomic E-state index is 12.0. The molecule has 1 aromatic heterocycles. The minimum absolute atomic E-state index is 0.298. The number of nitriles is 1. The van der Waals surface area contributed by atoms with E-state index in [1.807, 2.05) is 25.7 Å². The molecule has 1 unspecified atom stereocenters. The van der Waals surface area contributed by atoms with Gasteiger partial charge >= 0.3 is 6.09 Å². The lowest BCUT2D eigenvalue weighted by molar-refractivity contribution is 0.0118. The van der Waals surface area contributed by atoms with Crippen LogP contribution in [0.3, 0.4) is 0 Å². The van der Waals surface area contributed by atoms with Crippen molar-refractivity contribution < 1.29 is 13.9 Å². The number of hydrogen-bond acceptors (Lipinski definition) is 5. The van der Waals surface area contributed by atoms with E-state index >= 15 is 0 Å². The van der Waals surface area contributed by atoms with Gasteiger partial charge in [-0.3, -0.25) is 4.90 Å².